The number of nitrogens with one attached hydrogen (secondary N) is 1. The second-order valence-electron chi connectivity index (χ2n) is 4.89. The van der Waals surface area contributed by atoms with Crippen LogP contribution in [0.4, 0.5) is 0 Å². The van der Waals surface area contributed by atoms with Gasteiger partial charge >= 0.3 is 0 Å². The van der Waals surface area contributed by atoms with Gasteiger partial charge in [-0.05, 0) is 38.8 Å². The Labute approximate surface area is 98.5 Å². The number of carbonyl (C=O) groups is 1. The SMILES string of the molecule is CCCC1CCN(C(C)CC(=O)NN)CC1. The first-order valence-electron chi connectivity index (χ1n) is 6.40. The molecule has 1 amide bonds. The monoisotopic (exact) mass is 227 g/mol. The Hall–Kier alpha value is -0.610. The molecule has 1 unspecified atom stereocenters. The molecule has 16 heavy (non-hydrogen) atoms. The summed E-state index contributed by atoms with van der Waals surface area (Å²) in [5, 5.41) is 0. The van der Waals surface area contributed by atoms with Crippen LogP contribution >= 0.6 is 0 Å². The summed E-state index contributed by atoms with van der Waals surface area (Å²) >= 11 is 0. The van der Waals surface area contributed by atoms with Gasteiger partial charge in [-0.2, -0.15) is 0 Å². The summed E-state index contributed by atoms with van der Waals surface area (Å²) in [7, 11) is 0. The minimum atomic E-state index is -0.0665. The Kier molecular flexibility index (Phi) is 5.77. The van der Waals surface area contributed by atoms with Gasteiger partial charge in [-0.15, -0.1) is 0 Å². The largest absolute Gasteiger partial charge is 0.300 e. The molecule has 1 aliphatic rings. The van der Waals surface area contributed by atoms with Crippen LogP contribution in [-0.4, -0.2) is 29.9 Å². The third-order valence-electron chi connectivity index (χ3n) is 3.61. The zero-order valence-corrected chi connectivity index (χ0v) is 10.5. The molecule has 0 radical (unpaired) electrons. The minimum absolute atomic E-state index is 0.0665. The second-order valence-corrected chi connectivity index (χ2v) is 4.89. The first-order valence-corrected chi connectivity index (χ1v) is 6.40. The number of hydrogen-bond acceptors (Lipinski definition) is 3. The van der Waals surface area contributed by atoms with E-state index in [1.54, 1.807) is 0 Å². The fourth-order valence-electron chi connectivity index (χ4n) is 2.55. The highest BCUT2D eigenvalue weighted by molar-refractivity contribution is 5.75. The van der Waals surface area contributed by atoms with Crippen molar-refractivity contribution in [1.82, 2.24) is 10.3 Å². The molecule has 4 heteroatoms. The number of hydrogen-bond donors (Lipinski definition) is 2. The molecule has 0 spiro atoms. The predicted octanol–water partition coefficient (Wildman–Crippen LogP) is 1.27. The molecular weight excluding hydrogens is 202 g/mol. The van der Waals surface area contributed by atoms with Gasteiger partial charge in [0.25, 0.3) is 0 Å². The summed E-state index contributed by atoms with van der Waals surface area (Å²) in [5.74, 6) is 5.93. The smallest absolute Gasteiger partial charge is 0.235 e. The van der Waals surface area contributed by atoms with Crippen LogP contribution in [0.2, 0.25) is 0 Å². The molecule has 1 rings (SSSR count). The molecule has 1 heterocycles. The summed E-state index contributed by atoms with van der Waals surface area (Å²) in [5.41, 5.74) is 2.20. The number of carbonyl (C=O) groups excluding carboxylic acids is 1. The highest BCUT2D eigenvalue weighted by Gasteiger charge is 2.23. The number of piperidine rings is 1. The van der Waals surface area contributed by atoms with Gasteiger partial charge in [-0.3, -0.25) is 10.2 Å². The number of rotatable bonds is 5. The molecule has 0 aromatic rings. The van der Waals surface area contributed by atoms with Crippen LogP contribution < -0.4 is 11.3 Å². The maximum absolute atomic E-state index is 11.2. The zero-order chi connectivity index (χ0) is 12.0. The number of amides is 1. The van der Waals surface area contributed by atoms with Gasteiger partial charge in [-0.1, -0.05) is 19.8 Å². The number of nitrogens with two attached hydrogens (primary N) is 1. The molecule has 0 saturated carbocycles. The summed E-state index contributed by atoms with van der Waals surface area (Å²) in [6.45, 7) is 6.61. The topological polar surface area (TPSA) is 58.4 Å². The van der Waals surface area contributed by atoms with Crippen molar-refractivity contribution >= 4 is 5.91 Å². The van der Waals surface area contributed by atoms with Crippen LogP contribution in [0, 0.1) is 5.92 Å². The van der Waals surface area contributed by atoms with Crippen molar-refractivity contribution in [2.45, 2.75) is 52.0 Å². The van der Waals surface area contributed by atoms with Crippen molar-refractivity contribution in [3.05, 3.63) is 0 Å². The van der Waals surface area contributed by atoms with Gasteiger partial charge in [0, 0.05) is 12.5 Å². The van der Waals surface area contributed by atoms with Crippen molar-refractivity contribution in [3.8, 4) is 0 Å². The van der Waals surface area contributed by atoms with E-state index in [9.17, 15) is 4.79 Å². The average molecular weight is 227 g/mol. The molecule has 1 atom stereocenters. The molecule has 1 fully saturated rings. The summed E-state index contributed by atoms with van der Waals surface area (Å²) < 4.78 is 0. The maximum Gasteiger partial charge on any atom is 0.235 e. The fourth-order valence-corrected chi connectivity index (χ4v) is 2.55. The number of likely N-dealkylation sites (tertiary alicyclic amines) is 1. The lowest BCUT2D eigenvalue weighted by atomic mass is 9.91. The van der Waals surface area contributed by atoms with E-state index in [1.165, 1.54) is 25.7 Å². The lowest BCUT2D eigenvalue weighted by Gasteiger charge is -2.35. The van der Waals surface area contributed by atoms with E-state index in [2.05, 4.69) is 24.2 Å². The van der Waals surface area contributed by atoms with Crippen LogP contribution in [0.5, 0.6) is 0 Å². The number of hydrazine groups is 1. The maximum atomic E-state index is 11.2. The van der Waals surface area contributed by atoms with E-state index >= 15 is 0 Å². The predicted molar refractivity (Wildman–Crippen MR) is 65.6 cm³/mol. The second kappa shape index (κ2) is 6.86. The molecule has 1 saturated heterocycles. The van der Waals surface area contributed by atoms with Crippen molar-refractivity contribution in [1.29, 1.82) is 0 Å². The van der Waals surface area contributed by atoms with E-state index in [-0.39, 0.29) is 5.91 Å². The fraction of sp³-hybridized carbons (Fsp3) is 0.917. The third kappa shape index (κ3) is 4.10. The lowest BCUT2D eigenvalue weighted by Crippen LogP contribution is -2.43. The standard InChI is InChI=1S/C12H25N3O/c1-3-4-11-5-7-15(8-6-11)10(2)9-12(16)14-13/h10-11H,3-9,13H2,1-2H3,(H,14,16). The van der Waals surface area contributed by atoms with Gasteiger partial charge in [0.05, 0.1) is 0 Å². The average Bonchev–Trinajstić information content (AvgIpc) is 2.30. The summed E-state index contributed by atoms with van der Waals surface area (Å²) in [6, 6.07) is 0.311. The van der Waals surface area contributed by atoms with Crippen LogP contribution in [0.3, 0.4) is 0 Å². The third-order valence-corrected chi connectivity index (χ3v) is 3.61. The molecule has 94 valence electrons. The minimum Gasteiger partial charge on any atom is -0.300 e. The van der Waals surface area contributed by atoms with Gasteiger partial charge in [0.15, 0.2) is 0 Å². The van der Waals surface area contributed by atoms with Crippen molar-refractivity contribution in [2.75, 3.05) is 13.1 Å². The Morgan fingerprint density at radius 3 is 2.62 bits per heavy atom. The van der Waals surface area contributed by atoms with Crippen molar-refractivity contribution in [3.63, 3.8) is 0 Å². The molecule has 1 aliphatic heterocycles. The van der Waals surface area contributed by atoms with Gasteiger partial charge < -0.3 is 4.90 Å². The quantitative estimate of drug-likeness (QED) is 0.422. The highest BCUT2D eigenvalue weighted by Crippen LogP contribution is 2.23. The van der Waals surface area contributed by atoms with E-state index in [1.807, 2.05) is 0 Å². The van der Waals surface area contributed by atoms with Crippen LogP contribution in [-0.2, 0) is 4.79 Å². The van der Waals surface area contributed by atoms with Gasteiger partial charge in [-0.25, -0.2) is 5.84 Å². The van der Waals surface area contributed by atoms with Gasteiger partial charge in [0.1, 0.15) is 0 Å². The zero-order valence-electron chi connectivity index (χ0n) is 10.5. The Balaban J connectivity index is 2.27. The lowest BCUT2D eigenvalue weighted by molar-refractivity contribution is -0.122. The van der Waals surface area contributed by atoms with Crippen LogP contribution in [0.15, 0.2) is 0 Å². The first-order chi connectivity index (χ1) is 7.67. The first kappa shape index (κ1) is 13.5. The molecule has 0 aromatic carbocycles. The summed E-state index contributed by atoms with van der Waals surface area (Å²) in [4.78, 5) is 13.6. The normalized spacial score (nSPS) is 20.7. The van der Waals surface area contributed by atoms with E-state index in [0.29, 0.717) is 12.5 Å². The van der Waals surface area contributed by atoms with Crippen LogP contribution in [0.25, 0.3) is 0 Å². The highest BCUT2D eigenvalue weighted by atomic mass is 16.2. The molecular formula is C12H25N3O. The van der Waals surface area contributed by atoms with E-state index in [4.69, 9.17) is 5.84 Å². The molecule has 0 aromatic heterocycles. The Morgan fingerprint density at radius 2 is 2.12 bits per heavy atom. The molecule has 3 N–H and O–H groups in total. The van der Waals surface area contributed by atoms with Gasteiger partial charge in [0.2, 0.25) is 5.91 Å². The molecule has 4 nitrogen and oxygen atoms in total. The van der Waals surface area contributed by atoms with Crippen molar-refractivity contribution < 1.29 is 4.79 Å². The summed E-state index contributed by atoms with van der Waals surface area (Å²) in [6.07, 6.45) is 5.71. The van der Waals surface area contributed by atoms with Crippen LogP contribution in [0.1, 0.15) is 46.0 Å². The Bertz CT molecular complexity index is 212. The Morgan fingerprint density at radius 1 is 1.50 bits per heavy atom. The molecule has 0 aliphatic carbocycles. The van der Waals surface area contributed by atoms with E-state index < -0.39 is 0 Å². The number of nitrogens with zero attached hydrogens (tertiary/aromatic N) is 1. The molecule has 0 bridgehead atoms. The van der Waals surface area contributed by atoms with E-state index in [0.717, 1.165) is 19.0 Å². The van der Waals surface area contributed by atoms with Crippen molar-refractivity contribution in [2.24, 2.45) is 11.8 Å².